The number of nitro groups is 1. The molecule has 0 spiro atoms. The minimum Gasteiger partial charge on any atom is -0.465 e. The molecule has 0 aromatic heterocycles. The monoisotopic (exact) mass is 420 g/mol. The van der Waals surface area contributed by atoms with Gasteiger partial charge in [-0.05, 0) is 29.7 Å². The van der Waals surface area contributed by atoms with E-state index in [0.29, 0.717) is 12.0 Å². The maximum Gasteiger partial charge on any atom is 0.340 e. The largest absolute Gasteiger partial charge is 0.465 e. The van der Waals surface area contributed by atoms with E-state index in [4.69, 9.17) is 9.47 Å². The molecule has 8 heteroatoms. The number of nitro benzene ring substituents is 1. The van der Waals surface area contributed by atoms with Crippen molar-refractivity contribution in [2.24, 2.45) is 0 Å². The van der Waals surface area contributed by atoms with Gasteiger partial charge in [0.2, 0.25) is 0 Å². The van der Waals surface area contributed by atoms with E-state index in [2.05, 4.69) is 5.32 Å². The molecule has 158 valence electrons. The second kappa shape index (κ2) is 9.53. The van der Waals surface area contributed by atoms with Crippen molar-refractivity contribution in [3.8, 4) is 0 Å². The van der Waals surface area contributed by atoms with E-state index in [1.165, 1.54) is 32.4 Å². The van der Waals surface area contributed by atoms with E-state index in [1.807, 2.05) is 30.3 Å². The maximum absolute atomic E-state index is 12.7. The number of anilines is 2. The number of methoxy groups -OCH3 is 2. The van der Waals surface area contributed by atoms with Gasteiger partial charge in [0.25, 0.3) is 5.69 Å². The SMILES string of the molecule is COC(=O)c1ccc(Cc2ccccc2)c(Nc2ccccc2[N+](=O)[O-])c1C(=O)OC. The van der Waals surface area contributed by atoms with Crippen LogP contribution in [0.3, 0.4) is 0 Å². The second-order valence-corrected chi connectivity index (χ2v) is 6.57. The van der Waals surface area contributed by atoms with Gasteiger partial charge in [-0.15, -0.1) is 0 Å². The van der Waals surface area contributed by atoms with Crippen LogP contribution in [-0.2, 0) is 15.9 Å². The van der Waals surface area contributed by atoms with Crippen LogP contribution in [0.2, 0.25) is 0 Å². The number of ether oxygens (including phenoxy) is 2. The summed E-state index contributed by atoms with van der Waals surface area (Å²) in [5, 5.41) is 14.5. The summed E-state index contributed by atoms with van der Waals surface area (Å²) in [4.78, 5) is 36.0. The summed E-state index contributed by atoms with van der Waals surface area (Å²) in [6.07, 6.45) is 0.412. The van der Waals surface area contributed by atoms with Crippen molar-refractivity contribution in [2.45, 2.75) is 6.42 Å². The molecule has 0 fully saturated rings. The molecule has 0 bridgehead atoms. The third kappa shape index (κ3) is 4.69. The van der Waals surface area contributed by atoms with Gasteiger partial charge in [-0.25, -0.2) is 9.59 Å². The van der Waals surface area contributed by atoms with E-state index in [9.17, 15) is 19.7 Å². The van der Waals surface area contributed by atoms with Gasteiger partial charge >= 0.3 is 11.9 Å². The third-order valence-electron chi connectivity index (χ3n) is 4.68. The predicted octanol–water partition coefficient (Wildman–Crippen LogP) is 4.50. The Kier molecular flexibility index (Phi) is 6.61. The number of hydrogen-bond acceptors (Lipinski definition) is 7. The average Bonchev–Trinajstić information content (AvgIpc) is 2.79. The summed E-state index contributed by atoms with van der Waals surface area (Å²) >= 11 is 0. The van der Waals surface area contributed by atoms with Crippen LogP contribution in [-0.4, -0.2) is 31.1 Å². The number of nitrogens with zero attached hydrogens (tertiary/aromatic N) is 1. The fraction of sp³-hybridized carbons (Fsp3) is 0.130. The summed E-state index contributed by atoms with van der Waals surface area (Å²) < 4.78 is 9.73. The molecule has 3 aromatic rings. The average molecular weight is 420 g/mol. The van der Waals surface area contributed by atoms with Gasteiger partial charge in [0.1, 0.15) is 5.69 Å². The van der Waals surface area contributed by atoms with Crippen LogP contribution < -0.4 is 5.32 Å². The minimum absolute atomic E-state index is 0.00718. The van der Waals surface area contributed by atoms with Gasteiger partial charge in [-0.2, -0.15) is 0 Å². The third-order valence-corrected chi connectivity index (χ3v) is 4.68. The first-order valence-corrected chi connectivity index (χ1v) is 9.33. The summed E-state index contributed by atoms with van der Waals surface area (Å²) in [5.74, 6) is -1.49. The van der Waals surface area contributed by atoms with Crippen LogP contribution in [0.15, 0.2) is 66.7 Å². The molecule has 0 aliphatic rings. The highest BCUT2D eigenvalue weighted by Crippen LogP contribution is 2.34. The number of benzene rings is 3. The van der Waals surface area contributed by atoms with Crippen molar-refractivity contribution in [2.75, 3.05) is 19.5 Å². The van der Waals surface area contributed by atoms with Crippen LogP contribution in [0.1, 0.15) is 31.8 Å². The summed E-state index contributed by atoms with van der Waals surface area (Å²) in [7, 11) is 2.40. The number of hydrogen-bond donors (Lipinski definition) is 1. The molecule has 0 heterocycles. The quantitative estimate of drug-likeness (QED) is 0.340. The highest BCUT2D eigenvalue weighted by Gasteiger charge is 2.26. The molecule has 0 amide bonds. The van der Waals surface area contributed by atoms with Crippen molar-refractivity contribution in [3.05, 3.63) is 99.1 Å². The highest BCUT2D eigenvalue weighted by molar-refractivity contribution is 6.08. The standard InChI is InChI=1S/C23H20N2O6/c1-30-22(26)17-13-12-16(14-15-8-4-3-5-9-15)21(20(17)23(27)31-2)24-18-10-6-7-11-19(18)25(28)29/h3-13,24H,14H2,1-2H3. The van der Waals surface area contributed by atoms with Crippen LogP contribution >= 0.6 is 0 Å². The van der Waals surface area contributed by atoms with Crippen molar-refractivity contribution in [3.63, 3.8) is 0 Å². The highest BCUT2D eigenvalue weighted by atomic mass is 16.6. The molecule has 3 rings (SSSR count). The lowest BCUT2D eigenvalue weighted by Crippen LogP contribution is -2.16. The number of rotatable bonds is 7. The molecular weight excluding hydrogens is 400 g/mol. The number of esters is 2. The van der Waals surface area contributed by atoms with Crippen LogP contribution in [0.4, 0.5) is 17.1 Å². The summed E-state index contributed by atoms with van der Waals surface area (Å²) in [6.45, 7) is 0. The summed E-state index contributed by atoms with van der Waals surface area (Å²) in [6, 6.07) is 18.7. The van der Waals surface area contributed by atoms with Gasteiger partial charge in [-0.3, -0.25) is 10.1 Å². The molecule has 0 radical (unpaired) electrons. The summed E-state index contributed by atoms with van der Waals surface area (Å²) in [5.41, 5.74) is 1.79. The zero-order valence-corrected chi connectivity index (χ0v) is 17.0. The van der Waals surface area contributed by atoms with Gasteiger partial charge in [0.05, 0.1) is 36.0 Å². The molecule has 0 unspecified atom stereocenters. The molecule has 0 saturated heterocycles. The zero-order valence-electron chi connectivity index (χ0n) is 17.0. The van der Waals surface area contributed by atoms with E-state index in [0.717, 1.165) is 5.56 Å². The van der Waals surface area contributed by atoms with Gasteiger partial charge in [0.15, 0.2) is 0 Å². The Labute approximate surface area is 178 Å². The number of para-hydroxylation sites is 2. The smallest absolute Gasteiger partial charge is 0.340 e. The van der Waals surface area contributed by atoms with Gasteiger partial charge in [0, 0.05) is 6.07 Å². The number of carbonyl (C=O) groups is 2. The Hall–Kier alpha value is -4.20. The molecule has 31 heavy (non-hydrogen) atoms. The lowest BCUT2D eigenvalue weighted by Gasteiger charge is -2.18. The maximum atomic E-state index is 12.7. The minimum atomic E-state index is -0.767. The first-order chi connectivity index (χ1) is 15.0. The van der Waals surface area contributed by atoms with Crippen LogP contribution in [0.25, 0.3) is 0 Å². The predicted molar refractivity (Wildman–Crippen MR) is 115 cm³/mol. The number of nitrogens with one attached hydrogen (secondary N) is 1. The Balaban J connectivity index is 2.24. The Morgan fingerprint density at radius 1 is 0.903 bits per heavy atom. The van der Waals surface area contributed by atoms with Crippen molar-refractivity contribution >= 4 is 29.0 Å². The van der Waals surface area contributed by atoms with Crippen LogP contribution in [0.5, 0.6) is 0 Å². The molecule has 0 aliphatic carbocycles. The van der Waals surface area contributed by atoms with Gasteiger partial charge in [-0.1, -0.05) is 48.5 Å². The Bertz CT molecular complexity index is 1130. The molecule has 0 aliphatic heterocycles. The fourth-order valence-electron chi connectivity index (χ4n) is 3.22. The molecule has 3 aromatic carbocycles. The second-order valence-electron chi connectivity index (χ2n) is 6.57. The molecular formula is C23H20N2O6. The first-order valence-electron chi connectivity index (χ1n) is 9.33. The fourth-order valence-corrected chi connectivity index (χ4v) is 3.22. The van der Waals surface area contributed by atoms with E-state index < -0.39 is 16.9 Å². The normalized spacial score (nSPS) is 10.3. The Morgan fingerprint density at radius 2 is 1.55 bits per heavy atom. The first kappa shape index (κ1) is 21.5. The Morgan fingerprint density at radius 3 is 2.19 bits per heavy atom. The van der Waals surface area contributed by atoms with Crippen molar-refractivity contribution in [1.82, 2.24) is 0 Å². The lowest BCUT2D eigenvalue weighted by molar-refractivity contribution is -0.383. The number of carbonyl (C=O) groups excluding carboxylic acids is 2. The molecule has 8 nitrogen and oxygen atoms in total. The van der Waals surface area contributed by atoms with E-state index >= 15 is 0 Å². The van der Waals surface area contributed by atoms with E-state index in [1.54, 1.807) is 18.2 Å². The molecule has 1 N–H and O–H groups in total. The molecule has 0 saturated carbocycles. The van der Waals surface area contributed by atoms with Gasteiger partial charge < -0.3 is 14.8 Å². The van der Waals surface area contributed by atoms with E-state index in [-0.39, 0.29) is 28.2 Å². The topological polar surface area (TPSA) is 108 Å². The van der Waals surface area contributed by atoms with Crippen molar-refractivity contribution in [1.29, 1.82) is 0 Å². The van der Waals surface area contributed by atoms with Crippen LogP contribution in [0, 0.1) is 10.1 Å². The van der Waals surface area contributed by atoms with Crippen molar-refractivity contribution < 1.29 is 24.0 Å². The lowest BCUT2D eigenvalue weighted by atomic mass is 9.95. The zero-order chi connectivity index (χ0) is 22.4. The molecule has 0 atom stereocenters.